The highest BCUT2D eigenvalue weighted by Gasteiger charge is 2.55. The van der Waals surface area contributed by atoms with Gasteiger partial charge in [0.25, 0.3) is 0 Å². The Morgan fingerprint density at radius 1 is 0.783 bits per heavy atom. The summed E-state index contributed by atoms with van der Waals surface area (Å²) in [6, 6.07) is 0. The fourth-order valence-electron chi connectivity index (χ4n) is 0.616. The first-order valence-electron chi connectivity index (χ1n) is 4.60. The summed E-state index contributed by atoms with van der Waals surface area (Å²) in [4.78, 5) is 8.06. The highest BCUT2D eigenvalue weighted by Crippen LogP contribution is 2.29. The zero-order valence-corrected chi connectivity index (χ0v) is 11.7. The van der Waals surface area contributed by atoms with Crippen LogP contribution in [0.25, 0.3) is 0 Å². The number of nitro groups is 1. The Kier molecular flexibility index (Phi) is 5.97. The van der Waals surface area contributed by atoms with E-state index >= 15 is 0 Å². The molecule has 0 saturated carbocycles. The molecule has 0 aliphatic carbocycles. The smallest absolute Gasteiger partial charge is 0.261 e. The zero-order valence-electron chi connectivity index (χ0n) is 10.1. The van der Waals surface area contributed by atoms with E-state index in [-0.39, 0.29) is 0 Å². The van der Waals surface area contributed by atoms with Gasteiger partial charge >= 0.3 is 37.0 Å². The molecule has 0 radical (unpaired) electrons. The maximum absolute atomic E-state index is 13.5. The van der Waals surface area contributed by atoms with Crippen molar-refractivity contribution in [1.82, 2.24) is 0 Å². The van der Waals surface area contributed by atoms with Gasteiger partial charge in [0.15, 0.2) is 13.2 Å². The molecule has 18 heteroatoms. The number of rotatable bonds is 7. The van der Waals surface area contributed by atoms with Crippen LogP contribution in [-0.4, -0.2) is 51.8 Å². The molecule has 0 heterocycles. The SMILES string of the molecule is O=[N+]([O-])C(F)(COS(=O)(=O)C(F)(F)F)COS(=O)(=O)C(F)(F)F. The Morgan fingerprint density at radius 3 is 1.22 bits per heavy atom. The van der Waals surface area contributed by atoms with Crippen LogP contribution in [0.5, 0.6) is 0 Å². The van der Waals surface area contributed by atoms with Gasteiger partial charge in [0.05, 0.1) is 4.92 Å². The Bertz CT molecular complexity index is 601. The molecule has 0 amide bonds. The van der Waals surface area contributed by atoms with E-state index in [1.54, 1.807) is 0 Å². The van der Waals surface area contributed by atoms with Crippen LogP contribution in [-0.2, 0) is 28.6 Å². The van der Waals surface area contributed by atoms with Gasteiger partial charge < -0.3 is 0 Å². The molecule has 23 heavy (non-hydrogen) atoms. The Morgan fingerprint density at radius 2 is 1.04 bits per heavy atom. The summed E-state index contributed by atoms with van der Waals surface area (Å²) in [5.41, 5.74) is -12.2. The first-order chi connectivity index (χ1) is 9.86. The minimum Gasteiger partial charge on any atom is -0.261 e. The molecule has 0 aromatic carbocycles. The van der Waals surface area contributed by atoms with Gasteiger partial charge in [0.1, 0.15) is 0 Å². The van der Waals surface area contributed by atoms with Crippen LogP contribution in [0.2, 0.25) is 0 Å². The number of halogens is 7. The minimum absolute atomic E-state index is 2.22. The van der Waals surface area contributed by atoms with Crippen LogP contribution < -0.4 is 0 Å². The number of hydrogen-bond acceptors (Lipinski definition) is 8. The molecule has 138 valence electrons. The van der Waals surface area contributed by atoms with Gasteiger partial charge in [-0.05, 0) is 0 Å². The van der Waals surface area contributed by atoms with E-state index < -0.39 is 55.2 Å². The van der Waals surface area contributed by atoms with Gasteiger partial charge in [-0.3, -0.25) is 18.5 Å². The second kappa shape index (κ2) is 6.32. The summed E-state index contributed by atoms with van der Waals surface area (Å²) in [6.45, 7) is -5.18. The molecule has 0 atom stereocenters. The Labute approximate surface area is 122 Å². The highest BCUT2D eigenvalue weighted by atomic mass is 32.2. The van der Waals surface area contributed by atoms with Crippen LogP contribution in [0.15, 0.2) is 0 Å². The lowest BCUT2D eigenvalue weighted by Gasteiger charge is -2.17. The monoisotopic (exact) mass is 403 g/mol. The molecule has 0 aliphatic rings. The van der Waals surface area contributed by atoms with E-state index in [4.69, 9.17) is 0 Å². The number of alkyl halides is 7. The fourth-order valence-corrected chi connectivity index (χ4v) is 1.56. The minimum atomic E-state index is -6.52. The first-order valence-corrected chi connectivity index (χ1v) is 7.42. The summed E-state index contributed by atoms with van der Waals surface area (Å²) in [6.07, 6.45) is 0. The van der Waals surface area contributed by atoms with E-state index in [9.17, 15) is 57.7 Å². The second-order valence-corrected chi connectivity index (χ2v) is 6.71. The van der Waals surface area contributed by atoms with Gasteiger partial charge in [-0.25, -0.2) is 0 Å². The zero-order chi connectivity index (χ0) is 18.9. The standard InChI is InChI=1S/C5H4F7NO8S2/c6-3(13(14)15,1-20-22(16,17)4(7,8)9)2-21-23(18,19)5(10,11)12/h1-2H2. The van der Waals surface area contributed by atoms with E-state index in [1.807, 2.05) is 0 Å². The first kappa shape index (κ1) is 21.7. The van der Waals surface area contributed by atoms with Crippen molar-refractivity contribution in [3.05, 3.63) is 10.1 Å². The van der Waals surface area contributed by atoms with Gasteiger partial charge in [-0.15, -0.1) is 0 Å². The van der Waals surface area contributed by atoms with Gasteiger partial charge in [0, 0.05) is 0 Å². The van der Waals surface area contributed by atoms with Crippen molar-refractivity contribution in [1.29, 1.82) is 0 Å². The summed E-state index contributed by atoms with van der Waals surface area (Å²) < 4.78 is 132. The molecule has 0 aromatic rings. The summed E-state index contributed by atoms with van der Waals surface area (Å²) in [7, 11) is -13.0. The summed E-state index contributed by atoms with van der Waals surface area (Å²) >= 11 is 0. The van der Waals surface area contributed by atoms with Crippen molar-refractivity contribution in [2.24, 2.45) is 0 Å². The normalized spacial score (nSPS) is 14.7. The molecule has 0 N–H and O–H groups in total. The van der Waals surface area contributed by atoms with Crippen LogP contribution in [0.4, 0.5) is 30.7 Å². The van der Waals surface area contributed by atoms with Crippen LogP contribution in [0.1, 0.15) is 0 Å². The van der Waals surface area contributed by atoms with Crippen molar-refractivity contribution in [2.45, 2.75) is 16.8 Å². The lowest BCUT2D eigenvalue weighted by Crippen LogP contribution is -2.46. The molecular formula is C5H4F7NO8S2. The average molecular weight is 403 g/mol. The van der Waals surface area contributed by atoms with Gasteiger partial charge in [-0.1, -0.05) is 0 Å². The maximum Gasteiger partial charge on any atom is 0.523 e. The largest absolute Gasteiger partial charge is 0.523 e. The highest BCUT2D eigenvalue weighted by molar-refractivity contribution is 7.87. The maximum atomic E-state index is 13.5. The molecule has 0 bridgehead atoms. The lowest BCUT2D eigenvalue weighted by molar-refractivity contribution is -0.610. The van der Waals surface area contributed by atoms with Crippen LogP contribution in [0.3, 0.4) is 0 Å². The Hall–Kier alpha value is -1.27. The van der Waals surface area contributed by atoms with Crippen molar-refractivity contribution in [3.8, 4) is 0 Å². The molecule has 0 aliphatic heterocycles. The van der Waals surface area contributed by atoms with Crippen molar-refractivity contribution in [3.63, 3.8) is 0 Å². The van der Waals surface area contributed by atoms with E-state index in [1.165, 1.54) is 0 Å². The second-order valence-electron chi connectivity index (χ2n) is 3.50. The summed E-state index contributed by atoms with van der Waals surface area (Å²) in [5, 5.41) is 10.3. The molecular weight excluding hydrogens is 399 g/mol. The molecule has 0 spiro atoms. The van der Waals surface area contributed by atoms with Crippen molar-refractivity contribution >= 4 is 20.2 Å². The third-order valence-electron chi connectivity index (χ3n) is 1.76. The fraction of sp³-hybridized carbons (Fsp3) is 1.00. The summed E-state index contributed by atoms with van der Waals surface area (Å²) in [5.74, 6) is -4.53. The van der Waals surface area contributed by atoms with Gasteiger partial charge in [-0.2, -0.15) is 47.6 Å². The number of hydrogen-bond donors (Lipinski definition) is 0. The topological polar surface area (TPSA) is 130 Å². The van der Waals surface area contributed by atoms with E-state index in [0.29, 0.717) is 0 Å². The average Bonchev–Trinajstić information content (AvgIpc) is 2.31. The molecule has 0 saturated heterocycles. The van der Waals surface area contributed by atoms with E-state index in [2.05, 4.69) is 8.37 Å². The lowest BCUT2D eigenvalue weighted by atomic mass is 10.3. The molecule has 0 unspecified atom stereocenters. The third kappa shape index (κ3) is 5.39. The van der Waals surface area contributed by atoms with Crippen LogP contribution in [0, 0.1) is 10.1 Å². The third-order valence-corrected chi connectivity index (χ3v) is 3.75. The molecule has 0 rings (SSSR count). The predicted octanol–water partition coefficient (Wildman–Crippen LogP) is 0.661. The predicted molar refractivity (Wildman–Crippen MR) is 52.7 cm³/mol. The van der Waals surface area contributed by atoms with E-state index in [0.717, 1.165) is 0 Å². The van der Waals surface area contributed by atoms with Crippen molar-refractivity contribution < 1.29 is 60.9 Å². The Balaban J connectivity index is 5.23. The van der Waals surface area contributed by atoms with Crippen LogP contribution >= 0.6 is 0 Å². The molecule has 0 fully saturated rings. The molecule has 0 aromatic heterocycles. The van der Waals surface area contributed by atoms with Gasteiger partial charge in [0.2, 0.25) is 0 Å². The number of nitrogens with zero attached hydrogens (tertiary/aromatic N) is 1. The molecule has 9 nitrogen and oxygen atoms in total. The van der Waals surface area contributed by atoms with Crippen molar-refractivity contribution in [2.75, 3.05) is 13.2 Å². The quantitative estimate of drug-likeness (QED) is 0.151.